The molecule has 122 valence electrons. The van der Waals surface area contributed by atoms with E-state index in [1.54, 1.807) is 38.1 Å². The zero-order valence-electron chi connectivity index (χ0n) is 13.0. The van der Waals surface area contributed by atoms with Gasteiger partial charge >= 0.3 is 0 Å². The molecule has 0 aliphatic rings. The van der Waals surface area contributed by atoms with Crippen LogP contribution in [0.4, 0.5) is 0 Å². The monoisotopic (exact) mass is 350 g/mol. The first kappa shape index (κ1) is 17.4. The minimum absolute atomic E-state index is 0.0574. The van der Waals surface area contributed by atoms with Gasteiger partial charge in [0.05, 0.1) is 20.4 Å². The third kappa shape index (κ3) is 3.89. The summed E-state index contributed by atoms with van der Waals surface area (Å²) in [5, 5.41) is 0. The fourth-order valence-electron chi connectivity index (χ4n) is 2.13. The van der Waals surface area contributed by atoms with Gasteiger partial charge in [0.2, 0.25) is 9.84 Å². The number of benzene rings is 2. The molecule has 0 amide bonds. The Bertz CT molecular complexity index is 956. The second-order valence-corrected chi connectivity index (χ2v) is 9.48. The van der Waals surface area contributed by atoms with E-state index >= 15 is 0 Å². The largest absolute Gasteiger partial charge is 0.223 e. The van der Waals surface area contributed by atoms with Gasteiger partial charge in [-0.1, -0.05) is 30.8 Å². The first-order chi connectivity index (χ1) is 10.6. The van der Waals surface area contributed by atoms with Gasteiger partial charge < -0.3 is 0 Å². The third-order valence-corrected chi connectivity index (χ3v) is 7.04. The van der Waals surface area contributed by atoms with E-state index < -0.39 is 25.4 Å². The van der Waals surface area contributed by atoms with Crippen LogP contribution in [0.25, 0.3) is 0 Å². The van der Waals surface area contributed by atoms with Crippen LogP contribution >= 0.6 is 0 Å². The van der Waals surface area contributed by atoms with E-state index in [0.29, 0.717) is 0 Å². The molecule has 0 spiro atoms. The van der Waals surface area contributed by atoms with Crippen LogP contribution in [0.1, 0.15) is 11.1 Å². The van der Waals surface area contributed by atoms with Crippen molar-refractivity contribution in [3.63, 3.8) is 0 Å². The maximum absolute atomic E-state index is 12.5. The summed E-state index contributed by atoms with van der Waals surface area (Å²) >= 11 is 0. The Labute approximate surface area is 137 Å². The highest BCUT2D eigenvalue weighted by Gasteiger charge is 2.25. The molecule has 0 aliphatic heterocycles. The summed E-state index contributed by atoms with van der Waals surface area (Å²) in [6, 6.07) is 12.7. The zero-order chi connectivity index (χ0) is 17.3. The van der Waals surface area contributed by atoms with Gasteiger partial charge in [-0.25, -0.2) is 16.8 Å². The average Bonchev–Trinajstić information content (AvgIpc) is 2.46. The molecule has 2 rings (SSSR count). The minimum atomic E-state index is -3.89. The highest BCUT2D eigenvalue weighted by Crippen LogP contribution is 2.23. The molecule has 2 aromatic rings. The summed E-state index contributed by atoms with van der Waals surface area (Å²) in [5.41, 5.74) is 1.57. The molecule has 0 radical (unpaired) electrons. The molecule has 23 heavy (non-hydrogen) atoms. The van der Waals surface area contributed by atoms with Crippen LogP contribution in [0, 0.1) is 13.8 Å². The van der Waals surface area contributed by atoms with Crippen molar-refractivity contribution in [1.82, 2.24) is 0 Å². The summed E-state index contributed by atoms with van der Waals surface area (Å²) < 4.78 is 49.8. The van der Waals surface area contributed by atoms with Gasteiger partial charge in [-0.2, -0.15) is 0 Å². The molecular weight excluding hydrogens is 332 g/mol. The van der Waals surface area contributed by atoms with Gasteiger partial charge in [-0.05, 0) is 49.2 Å². The maximum atomic E-state index is 12.5. The first-order valence-electron chi connectivity index (χ1n) is 6.92. The van der Waals surface area contributed by atoms with Crippen molar-refractivity contribution in [2.45, 2.75) is 23.6 Å². The maximum Gasteiger partial charge on any atom is 0.203 e. The van der Waals surface area contributed by atoms with Crippen LogP contribution in [0.2, 0.25) is 0 Å². The molecule has 4 nitrogen and oxygen atoms in total. The number of aryl methyl sites for hydroxylation is 2. The minimum Gasteiger partial charge on any atom is -0.223 e. The fraction of sp³-hybridized carbons (Fsp3) is 0.176. The number of sulfone groups is 2. The van der Waals surface area contributed by atoms with Gasteiger partial charge in [-0.3, -0.25) is 0 Å². The first-order valence-corrected chi connectivity index (χ1v) is 10.1. The molecular formula is C17H18O4S2. The lowest BCUT2D eigenvalue weighted by Gasteiger charge is -2.10. The average molecular weight is 350 g/mol. The third-order valence-electron chi connectivity index (χ3n) is 3.38. The second kappa shape index (κ2) is 6.29. The summed E-state index contributed by atoms with van der Waals surface area (Å²) in [5.74, 6) is -0.632. The molecule has 0 fully saturated rings. The van der Waals surface area contributed by atoms with Crippen molar-refractivity contribution in [3.05, 3.63) is 71.1 Å². The summed E-state index contributed by atoms with van der Waals surface area (Å²) in [4.78, 5) is -0.176. The molecule has 0 unspecified atom stereocenters. The lowest BCUT2D eigenvalue weighted by Crippen LogP contribution is -2.15. The van der Waals surface area contributed by atoms with Crippen molar-refractivity contribution in [3.8, 4) is 0 Å². The van der Waals surface area contributed by atoms with E-state index in [1.165, 1.54) is 24.3 Å². The highest BCUT2D eigenvalue weighted by molar-refractivity contribution is 7.98. The second-order valence-electron chi connectivity index (χ2n) is 5.43. The van der Waals surface area contributed by atoms with Crippen molar-refractivity contribution < 1.29 is 16.8 Å². The van der Waals surface area contributed by atoms with E-state index in [9.17, 15) is 16.8 Å². The normalized spacial score (nSPS) is 12.1. The molecule has 0 saturated carbocycles. The Morgan fingerprint density at radius 3 is 1.87 bits per heavy atom. The SMILES string of the molecule is C=C(CS(=O)(=O)c1cccc(C)c1)S(=O)(=O)c1cccc(C)c1. The van der Waals surface area contributed by atoms with Crippen LogP contribution < -0.4 is 0 Å². The molecule has 0 bridgehead atoms. The van der Waals surface area contributed by atoms with Gasteiger partial charge in [0.15, 0.2) is 9.84 Å². The molecule has 0 heterocycles. The van der Waals surface area contributed by atoms with Crippen molar-refractivity contribution >= 4 is 19.7 Å². The lowest BCUT2D eigenvalue weighted by atomic mass is 10.2. The molecule has 6 heteroatoms. The quantitative estimate of drug-likeness (QED) is 0.831. The smallest absolute Gasteiger partial charge is 0.203 e. The zero-order valence-corrected chi connectivity index (χ0v) is 14.6. The standard InChI is InChI=1S/C17H18O4S2/c1-13-6-4-8-16(10-13)22(18,19)12-15(3)23(20,21)17-9-5-7-14(2)11-17/h4-11H,3,12H2,1-2H3. The topological polar surface area (TPSA) is 68.3 Å². The molecule has 0 saturated heterocycles. The predicted octanol–water partition coefficient (Wildman–Crippen LogP) is 3.06. The fourth-order valence-corrected chi connectivity index (χ4v) is 5.39. The van der Waals surface area contributed by atoms with Gasteiger partial charge in [0.25, 0.3) is 0 Å². The van der Waals surface area contributed by atoms with Crippen molar-refractivity contribution in [1.29, 1.82) is 0 Å². The summed E-state index contributed by atoms with van der Waals surface area (Å²) in [6.07, 6.45) is 0. The van der Waals surface area contributed by atoms with E-state index in [4.69, 9.17) is 0 Å². The lowest BCUT2D eigenvalue weighted by molar-refractivity contribution is 0.592. The van der Waals surface area contributed by atoms with Crippen LogP contribution in [0.3, 0.4) is 0 Å². The number of hydrogen-bond donors (Lipinski definition) is 0. The van der Waals surface area contributed by atoms with Crippen molar-refractivity contribution in [2.24, 2.45) is 0 Å². The molecule has 0 aliphatic carbocycles. The Morgan fingerprint density at radius 1 is 0.870 bits per heavy atom. The van der Waals surface area contributed by atoms with Crippen LogP contribution in [0.15, 0.2) is 69.8 Å². The number of hydrogen-bond acceptors (Lipinski definition) is 4. The Balaban J connectivity index is 2.34. The van der Waals surface area contributed by atoms with Crippen LogP contribution in [0.5, 0.6) is 0 Å². The predicted molar refractivity (Wildman–Crippen MR) is 90.7 cm³/mol. The van der Waals surface area contributed by atoms with Gasteiger partial charge in [0.1, 0.15) is 0 Å². The molecule has 0 atom stereocenters. The highest BCUT2D eigenvalue weighted by atomic mass is 32.2. The van der Waals surface area contributed by atoms with Crippen LogP contribution in [-0.2, 0) is 19.7 Å². The van der Waals surface area contributed by atoms with E-state index in [1.807, 2.05) is 0 Å². The molecule has 0 aromatic heterocycles. The van der Waals surface area contributed by atoms with Gasteiger partial charge in [0, 0.05) is 0 Å². The Morgan fingerprint density at radius 2 is 1.35 bits per heavy atom. The van der Waals surface area contributed by atoms with E-state index in [2.05, 4.69) is 6.58 Å². The van der Waals surface area contributed by atoms with Gasteiger partial charge in [-0.15, -0.1) is 0 Å². The molecule has 0 N–H and O–H groups in total. The van der Waals surface area contributed by atoms with Crippen LogP contribution in [-0.4, -0.2) is 22.6 Å². The van der Waals surface area contributed by atoms with E-state index in [-0.39, 0.29) is 14.7 Å². The Hall–Kier alpha value is -1.92. The summed E-state index contributed by atoms with van der Waals surface area (Å²) in [6.45, 7) is 7.04. The summed E-state index contributed by atoms with van der Waals surface area (Å²) in [7, 11) is -7.65. The number of rotatable bonds is 5. The van der Waals surface area contributed by atoms with Crippen molar-refractivity contribution in [2.75, 3.05) is 5.75 Å². The molecule has 2 aromatic carbocycles. The Kier molecular flexibility index (Phi) is 4.77. The van der Waals surface area contributed by atoms with E-state index in [0.717, 1.165) is 11.1 Å².